The monoisotopic (exact) mass is 345 g/mol. The van der Waals surface area contributed by atoms with Crippen LogP contribution in [-0.2, 0) is 15.8 Å². The first-order valence-corrected chi connectivity index (χ1v) is 7.58. The largest absolute Gasteiger partial charge is 0.492 e. The number of carboxylic acid groups (broad SMARTS) is 1. The minimum absolute atomic E-state index is 0.0299. The summed E-state index contributed by atoms with van der Waals surface area (Å²) in [7, 11) is 0. The fraction of sp³-hybridized carbons (Fsp3) is 0.500. The number of alkyl halides is 3. The third-order valence-corrected chi connectivity index (χ3v) is 3.98. The molecule has 0 aliphatic heterocycles. The van der Waals surface area contributed by atoms with Crippen LogP contribution in [0.15, 0.2) is 24.3 Å². The predicted molar refractivity (Wildman–Crippen MR) is 78.4 cm³/mol. The van der Waals surface area contributed by atoms with E-state index in [2.05, 4.69) is 5.32 Å². The Labute approximate surface area is 136 Å². The highest BCUT2D eigenvalue weighted by molar-refractivity contribution is 5.80. The molecule has 2 N–H and O–H groups in total. The van der Waals surface area contributed by atoms with Crippen molar-refractivity contribution in [2.24, 2.45) is 11.8 Å². The Morgan fingerprint density at radius 3 is 2.58 bits per heavy atom. The van der Waals surface area contributed by atoms with Crippen molar-refractivity contribution in [2.45, 2.75) is 25.4 Å². The Morgan fingerprint density at radius 1 is 1.25 bits per heavy atom. The molecule has 2 rings (SSSR count). The van der Waals surface area contributed by atoms with Gasteiger partial charge in [-0.1, -0.05) is 6.07 Å². The van der Waals surface area contributed by atoms with Gasteiger partial charge in [0.05, 0.1) is 18.0 Å². The zero-order valence-corrected chi connectivity index (χ0v) is 12.8. The number of carbonyl (C=O) groups excluding carboxylic acids is 1. The molecular formula is C16H18F3NO4. The van der Waals surface area contributed by atoms with Gasteiger partial charge in [0.15, 0.2) is 0 Å². The van der Waals surface area contributed by atoms with E-state index in [1.807, 2.05) is 0 Å². The van der Waals surface area contributed by atoms with Crippen molar-refractivity contribution in [3.05, 3.63) is 29.8 Å². The van der Waals surface area contributed by atoms with Crippen LogP contribution in [0.4, 0.5) is 13.2 Å². The fourth-order valence-electron chi connectivity index (χ4n) is 2.69. The van der Waals surface area contributed by atoms with E-state index in [0.717, 1.165) is 12.1 Å². The molecule has 1 aromatic carbocycles. The molecule has 1 aliphatic rings. The lowest BCUT2D eigenvalue weighted by Crippen LogP contribution is -2.33. The number of hydrogen-bond acceptors (Lipinski definition) is 3. The van der Waals surface area contributed by atoms with Crippen molar-refractivity contribution >= 4 is 11.9 Å². The van der Waals surface area contributed by atoms with E-state index in [4.69, 9.17) is 9.84 Å². The van der Waals surface area contributed by atoms with Gasteiger partial charge in [0, 0.05) is 5.92 Å². The van der Waals surface area contributed by atoms with E-state index in [9.17, 15) is 22.8 Å². The third kappa shape index (κ3) is 4.87. The Bertz CT molecular complexity index is 603. The molecule has 0 spiro atoms. The molecule has 5 nitrogen and oxygen atoms in total. The molecule has 0 bridgehead atoms. The van der Waals surface area contributed by atoms with Gasteiger partial charge in [-0.15, -0.1) is 0 Å². The van der Waals surface area contributed by atoms with Crippen LogP contribution in [0.25, 0.3) is 0 Å². The fourth-order valence-corrected chi connectivity index (χ4v) is 2.69. The zero-order valence-electron chi connectivity index (χ0n) is 12.8. The second-order valence-corrected chi connectivity index (χ2v) is 5.71. The van der Waals surface area contributed by atoms with Crippen LogP contribution in [0.2, 0.25) is 0 Å². The van der Waals surface area contributed by atoms with Crippen molar-refractivity contribution in [2.75, 3.05) is 13.2 Å². The quantitative estimate of drug-likeness (QED) is 0.778. The average Bonchev–Trinajstić information content (AvgIpc) is 3.01. The maximum absolute atomic E-state index is 12.6. The summed E-state index contributed by atoms with van der Waals surface area (Å²) in [5.41, 5.74) is -0.797. The van der Waals surface area contributed by atoms with Gasteiger partial charge in [-0.2, -0.15) is 13.2 Å². The first-order chi connectivity index (χ1) is 11.3. The van der Waals surface area contributed by atoms with Crippen LogP contribution in [0.3, 0.4) is 0 Å². The highest BCUT2D eigenvalue weighted by Gasteiger charge is 2.33. The lowest BCUT2D eigenvalue weighted by atomic mass is 10.0. The van der Waals surface area contributed by atoms with Gasteiger partial charge in [-0.25, -0.2) is 0 Å². The summed E-state index contributed by atoms with van der Waals surface area (Å²) in [6.07, 6.45) is -3.11. The number of rotatable bonds is 6. The predicted octanol–water partition coefficient (Wildman–Crippen LogP) is 2.70. The maximum atomic E-state index is 12.6. The summed E-state index contributed by atoms with van der Waals surface area (Å²) in [4.78, 5) is 22.8. The number of carbonyl (C=O) groups is 2. The standard InChI is InChI=1S/C16H18F3NO4/c17-16(18,19)12-2-1-3-13(9-12)24-7-6-20-14(21)10-4-5-11(8-10)15(22)23/h1-3,9-11H,4-8H2,(H,20,21)(H,22,23)/t10-,11+/m0/s1. The number of halogens is 3. The number of carboxylic acids is 1. The summed E-state index contributed by atoms with van der Waals surface area (Å²) in [5.74, 6) is -1.88. The SMILES string of the molecule is O=C(O)[C@@H]1CC[C@H](C(=O)NCCOc2cccc(C(F)(F)F)c2)C1. The van der Waals surface area contributed by atoms with Crippen LogP contribution in [0.5, 0.6) is 5.75 Å². The van der Waals surface area contributed by atoms with Gasteiger partial charge in [-0.05, 0) is 37.5 Å². The van der Waals surface area contributed by atoms with Gasteiger partial charge in [0.1, 0.15) is 12.4 Å². The number of amides is 1. The van der Waals surface area contributed by atoms with Crippen molar-refractivity contribution in [3.8, 4) is 5.75 Å². The Hall–Kier alpha value is -2.25. The summed E-state index contributed by atoms with van der Waals surface area (Å²) in [5, 5.41) is 11.5. The molecule has 0 saturated heterocycles. The first-order valence-electron chi connectivity index (χ1n) is 7.58. The molecule has 1 saturated carbocycles. The summed E-state index contributed by atoms with van der Waals surface area (Å²) in [6.45, 7) is 0.172. The zero-order chi connectivity index (χ0) is 17.7. The number of benzene rings is 1. The Morgan fingerprint density at radius 2 is 1.96 bits per heavy atom. The van der Waals surface area contributed by atoms with E-state index in [1.54, 1.807) is 0 Å². The molecule has 132 valence electrons. The van der Waals surface area contributed by atoms with Crippen LogP contribution in [0.1, 0.15) is 24.8 Å². The topological polar surface area (TPSA) is 75.6 Å². The third-order valence-electron chi connectivity index (χ3n) is 3.98. The van der Waals surface area contributed by atoms with Gasteiger partial charge in [0.2, 0.25) is 5.91 Å². The molecular weight excluding hydrogens is 327 g/mol. The summed E-state index contributed by atoms with van der Waals surface area (Å²) in [6, 6.07) is 4.51. The molecule has 0 aromatic heterocycles. The van der Waals surface area contributed by atoms with Gasteiger partial charge in [-0.3, -0.25) is 9.59 Å². The smallest absolute Gasteiger partial charge is 0.416 e. The first kappa shape index (κ1) is 18.1. The highest BCUT2D eigenvalue weighted by Crippen LogP contribution is 2.32. The van der Waals surface area contributed by atoms with E-state index in [0.29, 0.717) is 19.3 Å². The van der Waals surface area contributed by atoms with Crippen LogP contribution in [-0.4, -0.2) is 30.1 Å². The van der Waals surface area contributed by atoms with Crippen LogP contribution < -0.4 is 10.1 Å². The van der Waals surface area contributed by atoms with Crippen molar-refractivity contribution in [3.63, 3.8) is 0 Å². The van der Waals surface area contributed by atoms with Crippen LogP contribution >= 0.6 is 0 Å². The summed E-state index contributed by atoms with van der Waals surface area (Å²) >= 11 is 0. The lowest BCUT2D eigenvalue weighted by molar-refractivity contribution is -0.141. The van der Waals surface area contributed by atoms with Crippen molar-refractivity contribution in [1.82, 2.24) is 5.32 Å². The number of aliphatic carboxylic acids is 1. The highest BCUT2D eigenvalue weighted by atomic mass is 19.4. The van der Waals surface area contributed by atoms with E-state index >= 15 is 0 Å². The van der Waals surface area contributed by atoms with E-state index < -0.39 is 23.6 Å². The van der Waals surface area contributed by atoms with E-state index in [-0.39, 0.29) is 30.7 Å². The number of hydrogen-bond donors (Lipinski definition) is 2. The molecule has 1 fully saturated rings. The minimum Gasteiger partial charge on any atom is -0.492 e. The molecule has 24 heavy (non-hydrogen) atoms. The second-order valence-electron chi connectivity index (χ2n) is 5.71. The van der Waals surface area contributed by atoms with Gasteiger partial charge < -0.3 is 15.2 Å². The van der Waals surface area contributed by atoms with Crippen molar-refractivity contribution in [1.29, 1.82) is 0 Å². The van der Waals surface area contributed by atoms with E-state index in [1.165, 1.54) is 12.1 Å². The van der Waals surface area contributed by atoms with Crippen molar-refractivity contribution < 1.29 is 32.6 Å². The molecule has 0 unspecified atom stereocenters. The summed E-state index contributed by atoms with van der Waals surface area (Å²) < 4.78 is 42.9. The average molecular weight is 345 g/mol. The van der Waals surface area contributed by atoms with Crippen LogP contribution in [0, 0.1) is 11.8 Å². The molecule has 1 amide bonds. The van der Waals surface area contributed by atoms with Gasteiger partial charge in [0.25, 0.3) is 0 Å². The number of nitrogens with one attached hydrogen (secondary N) is 1. The van der Waals surface area contributed by atoms with Gasteiger partial charge >= 0.3 is 12.1 Å². The lowest BCUT2D eigenvalue weighted by Gasteiger charge is -2.12. The molecule has 2 atom stereocenters. The molecule has 0 heterocycles. The molecule has 1 aromatic rings. The molecule has 1 aliphatic carbocycles. The number of ether oxygens (including phenoxy) is 1. The molecule has 0 radical (unpaired) electrons. The molecule has 8 heteroatoms. The Balaban J connectivity index is 1.73. The second kappa shape index (κ2) is 7.55. The normalized spacial score (nSPS) is 20.6. The Kier molecular flexibility index (Phi) is 5.69. The maximum Gasteiger partial charge on any atom is 0.416 e. The minimum atomic E-state index is -4.43.